The van der Waals surface area contributed by atoms with E-state index in [9.17, 15) is 4.79 Å². The van der Waals surface area contributed by atoms with Crippen LogP contribution in [0, 0.1) is 5.92 Å². The van der Waals surface area contributed by atoms with Crippen LogP contribution in [-0.4, -0.2) is 18.5 Å². The molecule has 1 aliphatic heterocycles. The number of nitrogens with one attached hydrogen (secondary N) is 2. The van der Waals surface area contributed by atoms with Crippen molar-refractivity contribution in [3.05, 3.63) is 28.2 Å². The molecule has 2 rings (SSSR count). The number of rotatable bonds is 2. The minimum Gasteiger partial charge on any atom is -0.324 e. The Balaban J connectivity index is 2.04. The maximum atomic E-state index is 12.1. The molecule has 1 aromatic rings. The summed E-state index contributed by atoms with van der Waals surface area (Å²) in [5.74, 6) is 0.0591. The summed E-state index contributed by atoms with van der Waals surface area (Å²) in [5.41, 5.74) is 0.584. The van der Waals surface area contributed by atoms with Crippen molar-refractivity contribution < 1.29 is 4.79 Å². The van der Waals surface area contributed by atoms with Crippen molar-refractivity contribution in [3.8, 4) is 0 Å². The zero-order valence-corrected chi connectivity index (χ0v) is 11.7. The third-order valence-corrected chi connectivity index (χ3v) is 4.02. The molecule has 2 unspecified atom stereocenters. The van der Waals surface area contributed by atoms with Crippen LogP contribution in [0.25, 0.3) is 0 Å². The molecule has 1 fully saturated rings. The van der Waals surface area contributed by atoms with Gasteiger partial charge < -0.3 is 10.6 Å². The lowest BCUT2D eigenvalue weighted by Crippen LogP contribution is -2.40. The third-order valence-electron chi connectivity index (χ3n) is 3.20. The van der Waals surface area contributed by atoms with Crippen LogP contribution in [0.4, 0.5) is 5.69 Å². The van der Waals surface area contributed by atoms with Gasteiger partial charge in [-0.3, -0.25) is 4.79 Å². The summed E-state index contributed by atoms with van der Waals surface area (Å²) >= 11 is 12.0. The van der Waals surface area contributed by atoms with Crippen molar-refractivity contribution in [3.63, 3.8) is 0 Å². The number of amides is 1. The fourth-order valence-corrected chi connectivity index (χ4v) is 2.55. The highest BCUT2D eigenvalue weighted by atomic mass is 35.5. The highest BCUT2D eigenvalue weighted by Gasteiger charge is 2.25. The molecule has 1 saturated heterocycles. The van der Waals surface area contributed by atoms with E-state index >= 15 is 0 Å². The van der Waals surface area contributed by atoms with Crippen LogP contribution in [-0.2, 0) is 4.79 Å². The number of carbonyl (C=O) groups excluding carboxylic acids is 1. The molecule has 0 aliphatic carbocycles. The van der Waals surface area contributed by atoms with Gasteiger partial charge in [-0.2, -0.15) is 0 Å². The number of halogens is 2. The molecule has 98 valence electrons. The van der Waals surface area contributed by atoms with Gasteiger partial charge in [0, 0.05) is 12.0 Å². The van der Waals surface area contributed by atoms with E-state index in [0.717, 1.165) is 19.4 Å². The summed E-state index contributed by atoms with van der Waals surface area (Å²) in [5, 5.41) is 7.03. The number of anilines is 1. The fraction of sp³-hybridized carbons (Fsp3) is 0.462. The molecule has 18 heavy (non-hydrogen) atoms. The average molecular weight is 287 g/mol. The molecular weight excluding hydrogens is 271 g/mol. The summed E-state index contributed by atoms with van der Waals surface area (Å²) in [6, 6.07) is 5.61. The third kappa shape index (κ3) is 3.16. The van der Waals surface area contributed by atoms with Crippen LogP contribution < -0.4 is 10.6 Å². The Morgan fingerprint density at radius 1 is 1.44 bits per heavy atom. The number of piperidine rings is 1. The summed E-state index contributed by atoms with van der Waals surface area (Å²) < 4.78 is 0. The maximum Gasteiger partial charge on any atom is 0.227 e. The van der Waals surface area contributed by atoms with E-state index in [2.05, 4.69) is 17.6 Å². The zero-order chi connectivity index (χ0) is 13.1. The molecule has 0 bridgehead atoms. The second kappa shape index (κ2) is 5.91. The Hall–Kier alpha value is -0.770. The Morgan fingerprint density at radius 2 is 2.22 bits per heavy atom. The standard InChI is InChI=1S/C13H16Cl2N2O/c1-8-7-9(5-6-16-8)13(18)17-11-4-2-3-10(14)12(11)15/h2-4,8-9,16H,5-7H2,1H3,(H,17,18). The normalized spacial score (nSPS) is 23.7. The predicted molar refractivity (Wildman–Crippen MR) is 75.3 cm³/mol. The first-order valence-electron chi connectivity index (χ1n) is 6.06. The molecule has 1 aromatic carbocycles. The Bertz CT molecular complexity index is 451. The molecule has 1 heterocycles. The van der Waals surface area contributed by atoms with E-state index < -0.39 is 0 Å². The van der Waals surface area contributed by atoms with E-state index in [1.165, 1.54) is 0 Å². The number of carbonyl (C=O) groups is 1. The monoisotopic (exact) mass is 286 g/mol. The van der Waals surface area contributed by atoms with Crippen molar-refractivity contribution in [2.45, 2.75) is 25.8 Å². The molecule has 0 radical (unpaired) electrons. The summed E-state index contributed by atoms with van der Waals surface area (Å²) in [4.78, 5) is 12.1. The van der Waals surface area contributed by atoms with Gasteiger partial charge in [0.1, 0.15) is 0 Å². The van der Waals surface area contributed by atoms with Gasteiger partial charge in [-0.25, -0.2) is 0 Å². The molecule has 1 aliphatic rings. The van der Waals surface area contributed by atoms with Crippen LogP contribution in [0.3, 0.4) is 0 Å². The lowest BCUT2D eigenvalue weighted by atomic mass is 9.92. The second-order valence-corrected chi connectivity index (χ2v) is 5.45. The second-order valence-electron chi connectivity index (χ2n) is 4.67. The summed E-state index contributed by atoms with van der Waals surface area (Å²) in [7, 11) is 0. The van der Waals surface area contributed by atoms with Crippen molar-refractivity contribution in [2.24, 2.45) is 5.92 Å². The molecule has 2 N–H and O–H groups in total. The minimum absolute atomic E-state index is 0.0208. The van der Waals surface area contributed by atoms with Crippen LogP contribution in [0.1, 0.15) is 19.8 Å². The molecule has 1 amide bonds. The SMILES string of the molecule is CC1CC(C(=O)Nc2cccc(Cl)c2Cl)CCN1. The summed E-state index contributed by atoms with van der Waals surface area (Å²) in [6.45, 7) is 2.97. The molecular formula is C13H16Cl2N2O. The quantitative estimate of drug-likeness (QED) is 0.876. The van der Waals surface area contributed by atoms with Gasteiger partial charge >= 0.3 is 0 Å². The Labute approximate surface area is 117 Å². The first-order chi connectivity index (χ1) is 8.58. The molecule has 2 atom stereocenters. The smallest absolute Gasteiger partial charge is 0.227 e. The van der Waals surface area contributed by atoms with Crippen LogP contribution in [0.5, 0.6) is 0 Å². The lowest BCUT2D eigenvalue weighted by Gasteiger charge is -2.27. The van der Waals surface area contributed by atoms with Crippen LogP contribution in [0.15, 0.2) is 18.2 Å². The zero-order valence-electron chi connectivity index (χ0n) is 10.2. The lowest BCUT2D eigenvalue weighted by molar-refractivity contribution is -0.120. The first kappa shape index (κ1) is 13.7. The van der Waals surface area contributed by atoms with E-state index in [1.807, 2.05) is 0 Å². The number of hydrogen-bond acceptors (Lipinski definition) is 2. The Morgan fingerprint density at radius 3 is 2.94 bits per heavy atom. The van der Waals surface area contributed by atoms with Gasteiger partial charge in [0.25, 0.3) is 0 Å². The van der Waals surface area contributed by atoms with Crippen molar-refractivity contribution in [1.82, 2.24) is 5.32 Å². The van der Waals surface area contributed by atoms with Gasteiger partial charge in [0.15, 0.2) is 0 Å². The largest absolute Gasteiger partial charge is 0.324 e. The van der Waals surface area contributed by atoms with Gasteiger partial charge in [0.05, 0.1) is 15.7 Å². The van der Waals surface area contributed by atoms with Gasteiger partial charge in [-0.05, 0) is 38.4 Å². The van der Waals surface area contributed by atoms with E-state index in [-0.39, 0.29) is 11.8 Å². The first-order valence-corrected chi connectivity index (χ1v) is 6.82. The van der Waals surface area contributed by atoms with Crippen molar-refractivity contribution in [1.29, 1.82) is 0 Å². The highest BCUT2D eigenvalue weighted by molar-refractivity contribution is 6.43. The topological polar surface area (TPSA) is 41.1 Å². The van der Waals surface area contributed by atoms with E-state index in [1.54, 1.807) is 18.2 Å². The van der Waals surface area contributed by atoms with E-state index in [0.29, 0.717) is 21.8 Å². The van der Waals surface area contributed by atoms with Gasteiger partial charge in [-0.15, -0.1) is 0 Å². The van der Waals surface area contributed by atoms with Crippen LogP contribution >= 0.6 is 23.2 Å². The van der Waals surface area contributed by atoms with Gasteiger partial charge in [0.2, 0.25) is 5.91 Å². The molecule has 0 saturated carbocycles. The summed E-state index contributed by atoms with van der Waals surface area (Å²) in [6.07, 6.45) is 1.71. The van der Waals surface area contributed by atoms with Crippen molar-refractivity contribution in [2.75, 3.05) is 11.9 Å². The van der Waals surface area contributed by atoms with Crippen LogP contribution in [0.2, 0.25) is 10.0 Å². The molecule has 0 aromatic heterocycles. The highest BCUT2D eigenvalue weighted by Crippen LogP contribution is 2.30. The van der Waals surface area contributed by atoms with Gasteiger partial charge in [-0.1, -0.05) is 29.3 Å². The number of hydrogen-bond donors (Lipinski definition) is 2. The predicted octanol–water partition coefficient (Wildman–Crippen LogP) is 3.32. The van der Waals surface area contributed by atoms with Crippen molar-refractivity contribution >= 4 is 34.8 Å². The molecule has 5 heteroatoms. The molecule has 3 nitrogen and oxygen atoms in total. The minimum atomic E-state index is 0.0208. The van der Waals surface area contributed by atoms with E-state index in [4.69, 9.17) is 23.2 Å². The fourth-order valence-electron chi connectivity index (χ4n) is 2.21. The number of benzene rings is 1. The maximum absolute atomic E-state index is 12.1. The Kier molecular flexibility index (Phi) is 4.49. The average Bonchev–Trinajstić information content (AvgIpc) is 2.35. The molecule has 0 spiro atoms.